The predicted molar refractivity (Wildman–Crippen MR) is 39.7 cm³/mol. The Morgan fingerprint density at radius 1 is 1.75 bits per heavy atom. The molecular formula is C5H8INO. The molecule has 0 heterocycles. The van der Waals surface area contributed by atoms with E-state index in [2.05, 4.69) is 22.6 Å². The molecule has 0 aromatic rings. The lowest BCUT2D eigenvalue weighted by Crippen LogP contribution is -2.25. The number of halogens is 1. The van der Waals surface area contributed by atoms with Crippen molar-refractivity contribution in [2.45, 2.75) is 12.8 Å². The van der Waals surface area contributed by atoms with Gasteiger partial charge in [0.2, 0.25) is 5.91 Å². The van der Waals surface area contributed by atoms with E-state index >= 15 is 0 Å². The molecule has 0 unspecified atom stereocenters. The summed E-state index contributed by atoms with van der Waals surface area (Å²) in [7, 11) is 0. The maximum Gasteiger partial charge on any atom is 0.224 e. The van der Waals surface area contributed by atoms with Crippen LogP contribution in [0.3, 0.4) is 0 Å². The van der Waals surface area contributed by atoms with E-state index in [-0.39, 0.29) is 11.3 Å². The number of carbonyl (C=O) groups excluding carboxylic acids is 1. The zero-order chi connectivity index (χ0) is 6.20. The molecule has 2 N–H and O–H groups in total. The lowest BCUT2D eigenvalue weighted by molar-refractivity contribution is -0.122. The smallest absolute Gasteiger partial charge is 0.224 e. The first kappa shape index (κ1) is 6.32. The van der Waals surface area contributed by atoms with Crippen LogP contribution in [-0.4, -0.2) is 10.3 Å². The van der Waals surface area contributed by atoms with Gasteiger partial charge in [-0.1, -0.05) is 22.6 Å². The summed E-state index contributed by atoms with van der Waals surface area (Å²) in [5.74, 6) is -0.119. The van der Waals surface area contributed by atoms with Crippen molar-refractivity contribution in [3.63, 3.8) is 0 Å². The zero-order valence-electron chi connectivity index (χ0n) is 4.48. The maximum atomic E-state index is 10.5. The normalized spacial score (nSPS) is 22.6. The van der Waals surface area contributed by atoms with Gasteiger partial charge in [0, 0.05) is 4.43 Å². The molecule has 1 aliphatic carbocycles. The van der Waals surface area contributed by atoms with E-state index in [9.17, 15) is 4.79 Å². The van der Waals surface area contributed by atoms with E-state index in [1.165, 1.54) is 0 Å². The van der Waals surface area contributed by atoms with E-state index in [0.717, 1.165) is 17.3 Å². The van der Waals surface area contributed by atoms with Crippen molar-refractivity contribution >= 4 is 28.5 Å². The fourth-order valence-electron chi connectivity index (χ4n) is 0.597. The fraction of sp³-hybridized carbons (Fsp3) is 0.800. The Kier molecular flexibility index (Phi) is 1.47. The Hall–Kier alpha value is 0.200. The van der Waals surface area contributed by atoms with Gasteiger partial charge >= 0.3 is 0 Å². The second kappa shape index (κ2) is 1.86. The van der Waals surface area contributed by atoms with Gasteiger partial charge in [0.1, 0.15) is 0 Å². The second-order valence-electron chi connectivity index (χ2n) is 2.28. The molecule has 8 heavy (non-hydrogen) atoms. The third kappa shape index (κ3) is 0.831. The Morgan fingerprint density at radius 2 is 2.25 bits per heavy atom. The van der Waals surface area contributed by atoms with Crippen LogP contribution in [0, 0.1) is 5.41 Å². The van der Waals surface area contributed by atoms with Gasteiger partial charge in [0.15, 0.2) is 0 Å². The number of carbonyl (C=O) groups is 1. The van der Waals surface area contributed by atoms with E-state index in [1.54, 1.807) is 0 Å². The predicted octanol–water partition coefficient (Wildman–Crippen LogP) is 0.687. The van der Waals surface area contributed by atoms with Crippen LogP contribution in [0.4, 0.5) is 0 Å². The van der Waals surface area contributed by atoms with Gasteiger partial charge in [-0.2, -0.15) is 0 Å². The molecule has 1 rings (SSSR count). The van der Waals surface area contributed by atoms with Crippen LogP contribution in [0.1, 0.15) is 12.8 Å². The highest BCUT2D eigenvalue weighted by atomic mass is 127. The molecule has 1 fully saturated rings. The van der Waals surface area contributed by atoms with Crippen LogP contribution >= 0.6 is 22.6 Å². The number of amides is 1. The first-order chi connectivity index (χ1) is 3.71. The lowest BCUT2D eigenvalue weighted by atomic mass is 10.1. The number of hydrogen-bond acceptors (Lipinski definition) is 1. The zero-order valence-corrected chi connectivity index (χ0v) is 6.64. The average Bonchev–Trinajstić information content (AvgIpc) is 2.44. The molecule has 0 spiro atoms. The van der Waals surface area contributed by atoms with E-state index < -0.39 is 0 Å². The SMILES string of the molecule is NC(=O)C1(CI)CC1. The molecule has 0 bridgehead atoms. The summed E-state index contributed by atoms with van der Waals surface area (Å²) in [4.78, 5) is 10.5. The van der Waals surface area contributed by atoms with Gasteiger partial charge in [0.05, 0.1) is 5.41 Å². The van der Waals surface area contributed by atoms with Gasteiger partial charge in [-0.05, 0) is 12.8 Å². The van der Waals surface area contributed by atoms with Gasteiger partial charge in [-0.15, -0.1) is 0 Å². The largest absolute Gasteiger partial charge is 0.369 e. The van der Waals surface area contributed by atoms with Crippen molar-refractivity contribution in [3.8, 4) is 0 Å². The number of hydrogen-bond donors (Lipinski definition) is 1. The molecule has 46 valence electrons. The first-order valence-electron chi connectivity index (χ1n) is 2.57. The number of rotatable bonds is 2. The van der Waals surface area contributed by atoms with Crippen molar-refractivity contribution in [2.24, 2.45) is 11.1 Å². The molecule has 1 aliphatic rings. The van der Waals surface area contributed by atoms with Gasteiger partial charge < -0.3 is 5.73 Å². The fourth-order valence-corrected chi connectivity index (χ4v) is 1.74. The summed E-state index contributed by atoms with van der Waals surface area (Å²) in [5.41, 5.74) is 5.02. The van der Waals surface area contributed by atoms with Gasteiger partial charge in [-0.3, -0.25) is 4.79 Å². The summed E-state index contributed by atoms with van der Waals surface area (Å²) in [6.45, 7) is 0. The standard InChI is InChI=1S/C5H8INO/c6-3-5(1-2-5)4(7)8/h1-3H2,(H2,7,8). The summed E-state index contributed by atoms with van der Waals surface area (Å²) in [5, 5.41) is 0. The summed E-state index contributed by atoms with van der Waals surface area (Å²) in [6, 6.07) is 0. The Labute approximate surface area is 62.0 Å². The van der Waals surface area contributed by atoms with Gasteiger partial charge in [-0.25, -0.2) is 0 Å². The summed E-state index contributed by atoms with van der Waals surface area (Å²) < 4.78 is 0.889. The molecule has 0 radical (unpaired) electrons. The molecule has 1 amide bonds. The molecule has 0 aromatic heterocycles. The highest BCUT2D eigenvalue weighted by molar-refractivity contribution is 14.1. The first-order valence-corrected chi connectivity index (χ1v) is 4.10. The van der Waals surface area contributed by atoms with Crippen LogP contribution in [-0.2, 0) is 4.79 Å². The number of alkyl halides is 1. The van der Waals surface area contributed by atoms with Crippen LogP contribution in [0.15, 0.2) is 0 Å². The third-order valence-electron chi connectivity index (χ3n) is 1.63. The van der Waals surface area contributed by atoms with E-state index in [0.29, 0.717) is 0 Å². The minimum Gasteiger partial charge on any atom is -0.369 e. The maximum absolute atomic E-state index is 10.5. The summed E-state index contributed by atoms with van der Waals surface area (Å²) >= 11 is 2.21. The highest BCUT2D eigenvalue weighted by Gasteiger charge is 2.47. The molecule has 0 aromatic carbocycles. The molecular weight excluding hydrogens is 217 g/mol. The average molecular weight is 225 g/mol. The molecule has 0 atom stereocenters. The van der Waals surface area contributed by atoms with Crippen LogP contribution in [0.2, 0.25) is 0 Å². The summed E-state index contributed by atoms with van der Waals surface area (Å²) in [6.07, 6.45) is 2.01. The molecule has 0 aliphatic heterocycles. The van der Waals surface area contributed by atoms with E-state index in [4.69, 9.17) is 5.73 Å². The quantitative estimate of drug-likeness (QED) is 0.545. The lowest BCUT2D eigenvalue weighted by Gasteiger charge is -2.02. The highest BCUT2D eigenvalue weighted by Crippen LogP contribution is 2.46. The Balaban J connectivity index is 2.53. The molecule has 1 saturated carbocycles. The van der Waals surface area contributed by atoms with Gasteiger partial charge in [0.25, 0.3) is 0 Å². The third-order valence-corrected chi connectivity index (χ3v) is 3.09. The molecule has 0 saturated heterocycles. The minimum atomic E-state index is -0.119. The van der Waals surface area contributed by atoms with Crippen molar-refractivity contribution < 1.29 is 4.79 Å². The van der Waals surface area contributed by atoms with Crippen LogP contribution in [0.5, 0.6) is 0 Å². The molecule has 2 nitrogen and oxygen atoms in total. The van der Waals surface area contributed by atoms with Crippen molar-refractivity contribution in [2.75, 3.05) is 4.43 Å². The number of primary amides is 1. The number of nitrogens with two attached hydrogens (primary N) is 1. The van der Waals surface area contributed by atoms with Crippen molar-refractivity contribution in [3.05, 3.63) is 0 Å². The van der Waals surface area contributed by atoms with Crippen LogP contribution < -0.4 is 5.73 Å². The topological polar surface area (TPSA) is 43.1 Å². The molecule has 3 heteroatoms. The Morgan fingerprint density at radius 3 is 2.25 bits per heavy atom. The van der Waals surface area contributed by atoms with E-state index in [1.807, 2.05) is 0 Å². The monoisotopic (exact) mass is 225 g/mol. The Bertz CT molecular complexity index is 120. The van der Waals surface area contributed by atoms with Crippen molar-refractivity contribution in [1.29, 1.82) is 0 Å². The second-order valence-corrected chi connectivity index (χ2v) is 3.04. The minimum absolute atomic E-state index is 0.0828. The van der Waals surface area contributed by atoms with Crippen LogP contribution in [0.25, 0.3) is 0 Å². The van der Waals surface area contributed by atoms with Crippen molar-refractivity contribution in [1.82, 2.24) is 0 Å².